The number of likely N-dealkylation sites (N-methyl/N-ethyl adjacent to an activating group) is 1. The van der Waals surface area contributed by atoms with Crippen LogP contribution in [0.15, 0.2) is 42.7 Å². The minimum absolute atomic E-state index is 0.199. The summed E-state index contributed by atoms with van der Waals surface area (Å²) in [4.78, 5) is 14.3. The fraction of sp³-hybridized carbons (Fsp3) is 0.217. The second kappa shape index (κ2) is 7.11. The van der Waals surface area contributed by atoms with Gasteiger partial charge < -0.3 is 20.4 Å². The predicted octanol–water partition coefficient (Wildman–Crippen LogP) is 4.43. The lowest BCUT2D eigenvalue weighted by Crippen LogP contribution is -2.27. The van der Waals surface area contributed by atoms with Gasteiger partial charge in [0.25, 0.3) is 5.88 Å². The van der Waals surface area contributed by atoms with Crippen molar-refractivity contribution >= 4 is 16.7 Å². The number of halogens is 1. The fourth-order valence-electron chi connectivity index (χ4n) is 4.07. The number of nitrogens with one attached hydrogen (secondary N) is 1. The molecule has 3 heterocycles. The lowest BCUT2D eigenvalue weighted by Gasteiger charge is -2.27. The van der Waals surface area contributed by atoms with E-state index in [1.807, 2.05) is 0 Å². The third kappa shape index (κ3) is 3.27. The zero-order valence-corrected chi connectivity index (χ0v) is 16.9. The summed E-state index contributed by atoms with van der Waals surface area (Å²) in [5.74, 6) is 0.631. The van der Waals surface area contributed by atoms with E-state index >= 15 is 0 Å². The molecule has 0 aliphatic carbocycles. The quantitative estimate of drug-likeness (QED) is 0.529. The van der Waals surface area contributed by atoms with Crippen LogP contribution in [0.25, 0.3) is 22.2 Å². The smallest absolute Gasteiger partial charge is 0.263 e. The summed E-state index contributed by atoms with van der Waals surface area (Å²) in [6, 6.07) is 8.79. The number of nitrogens with two attached hydrogens (primary N) is 1. The van der Waals surface area contributed by atoms with Crippen LogP contribution in [0.5, 0.6) is 11.6 Å². The molecule has 2 aromatic carbocycles. The SMILES string of the molecule is Cc1cc(-c2cnc(N)c(Oc3c[nH]c4cc(F)ccc34)n2)cc2c1CCN(C)C2. The molecule has 0 saturated carbocycles. The van der Waals surface area contributed by atoms with Crippen molar-refractivity contribution in [3.8, 4) is 22.9 Å². The largest absolute Gasteiger partial charge is 0.434 e. The number of aryl methyl sites for hydroxylation is 1. The number of nitrogen functional groups attached to an aromatic ring is 1. The van der Waals surface area contributed by atoms with Crippen molar-refractivity contribution < 1.29 is 9.13 Å². The molecule has 0 unspecified atom stereocenters. The van der Waals surface area contributed by atoms with Crippen molar-refractivity contribution in [2.24, 2.45) is 0 Å². The molecule has 6 nitrogen and oxygen atoms in total. The number of hydrogen-bond acceptors (Lipinski definition) is 5. The minimum Gasteiger partial charge on any atom is -0.434 e. The van der Waals surface area contributed by atoms with Gasteiger partial charge in [-0.15, -0.1) is 0 Å². The van der Waals surface area contributed by atoms with Gasteiger partial charge in [0, 0.05) is 30.2 Å². The van der Waals surface area contributed by atoms with Crippen LogP contribution in [0.2, 0.25) is 0 Å². The Morgan fingerprint density at radius 2 is 2.10 bits per heavy atom. The molecule has 1 aliphatic heterocycles. The molecule has 0 amide bonds. The molecular weight excluding hydrogens is 381 g/mol. The van der Waals surface area contributed by atoms with Crippen molar-refractivity contribution in [2.75, 3.05) is 19.3 Å². The Kier molecular flexibility index (Phi) is 4.40. The zero-order chi connectivity index (χ0) is 20.8. The Balaban J connectivity index is 1.52. The van der Waals surface area contributed by atoms with E-state index in [1.54, 1.807) is 18.5 Å². The van der Waals surface area contributed by atoms with Crippen LogP contribution in [0.1, 0.15) is 16.7 Å². The number of aromatic amines is 1. The average molecular weight is 403 g/mol. The van der Waals surface area contributed by atoms with Crippen LogP contribution < -0.4 is 10.5 Å². The number of aromatic nitrogens is 3. The molecule has 4 aromatic rings. The monoisotopic (exact) mass is 403 g/mol. The first-order valence-electron chi connectivity index (χ1n) is 9.86. The molecule has 5 rings (SSSR count). The third-order valence-electron chi connectivity index (χ3n) is 5.62. The molecule has 0 fully saturated rings. The first kappa shape index (κ1) is 18.6. The molecule has 30 heavy (non-hydrogen) atoms. The number of anilines is 1. The van der Waals surface area contributed by atoms with Crippen molar-refractivity contribution in [1.29, 1.82) is 0 Å². The van der Waals surface area contributed by atoms with Gasteiger partial charge in [-0.2, -0.15) is 0 Å². The van der Waals surface area contributed by atoms with Gasteiger partial charge in [-0.1, -0.05) is 0 Å². The van der Waals surface area contributed by atoms with E-state index in [-0.39, 0.29) is 17.5 Å². The van der Waals surface area contributed by atoms with Crippen molar-refractivity contribution in [3.05, 3.63) is 65.2 Å². The van der Waals surface area contributed by atoms with E-state index in [0.29, 0.717) is 17.0 Å². The maximum atomic E-state index is 13.4. The molecule has 0 atom stereocenters. The van der Waals surface area contributed by atoms with E-state index in [0.717, 1.165) is 30.5 Å². The summed E-state index contributed by atoms with van der Waals surface area (Å²) >= 11 is 0. The molecule has 0 radical (unpaired) electrons. The highest BCUT2D eigenvalue weighted by molar-refractivity contribution is 5.86. The average Bonchev–Trinajstić information content (AvgIpc) is 3.11. The highest BCUT2D eigenvalue weighted by atomic mass is 19.1. The number of rotatable bonds is 3. The van der Waals surface area contributed by atoms with Gasteiger partial charge in [0.05, 0.1) is 17.4 Å². The van der Waals surface area contributed by atoms with E-state index in [2.05, 4.69) is 46.0 Å². The van der Waals surface area contributed by atoms with Gasteiger partial charge >= 0.3 is 0 Å². The molecule has 0 bridgehead atoms. The highest BCUT2D eigenvalue weighted by Gasteiger charge is 2.18. The van der Waals surface area contributed by atoms with Gasteiger partial charge in [0.15, 0.2) is 11.6 Å². The molecule has 1 aliphatic rings. The molecular formula is C23H22FN5O. The van der Waals surface area contributed by atoms with E-state index in [9.17, 15) is 4.39 Å². The number of H-pyrrole nitrogens is 1. The summed E-state index contributed by atoms with van der Waals surface area (Å²) in [7, 11) is 2.13. The van der Waals surface area contributed by atoms with Crippen molar-refractivity contribution in [3.63, 3.8) is 0 Å². The first-order chi connectivity index (χ1) is 14.5. The molecule has 0 saturated heterocycles. The Hall–Kier alpha value is -3.45. The standard InChI is InChI=1S/C23H22FN5O/c1-13-7-14(8-15-12-29(2)6-5-17(13)15)20-10-27-22(25)23(28-20)30-21-11-26-19-9-16(24)3-4-18(19)21/h3-4,7-11,26H,5-6,12H2,1-2H3,(H2,25,27). The Morgan fingerprint density at radius 3 is 2.97 bits per heavy atom. The first-order valence-corrected chi connectivity index (χ1v) is 9.86. The Bertz CT molecular complexity index is 1270. The summed E-state index contributed by atoms with van der Waals surface area (Å²) in [5.41, 5.74) is 12.4. The van der Waals surface area contributed by atoms with Crippen molar-refractivity contribution in [2.45, 2.75) is 19.9 Å². The normalized spacial score (nSPS) is 14.1. The Labute approximate surface area is 173 Å². The number of ether oxygens (including phenoxy) is 1. The van der Waals surface area contributed by atoms with Crippen molar-refractivity contribution in [1.82, 2.24) is 19.9 Å². The Morgan fingerprint density at radius 1 is 1.23 bits per heavy atom. The second-order valence-corrected chi connectivity index (χ2v) is 7.81. The maximum absolute atomic E-state index is 13.4. The van der Waals surface area contributed by atoms with Crippen LogP contribution in [0, 0.1) is 12.7 Å². The van der Waals surface area contributed by atoms with E-state index in [1.165, 1.54) is 28.8 Å². The summed E-state index contributed by atoms with van der Waals surface area (Å²) < 4.78 is 19.4. The molecule has 2 aromatic heterocycles. The lowest BCUT2D eigenvalue weighted by atomic mass is 9.92. The molecule has 7 heteroatoms. The molecule has 152 valence electrons. The summed E-state index contributed by atoms with van der Waals surface area (Å²) in [5, 5.41) is 0.746. The molecule has 3 N–H and O–H groups in total. The van der Waals surface area contributed by atoms with Crippen LogP contribution in [0.3, 0.4) is 0 Å². The second-order valence-electron chi connectivity index (χ2n) is 7.81. The summed E-state index contributed by atoms with van der Waals surface area (Å²) in [6.07, 6.45) is 4.39. The number of nitrogens with zero attached hydrogens (tertiary/aromatic N) is 3. The minimum atomic E-state index is -0.314. The van der Waals surface area contributed by atoms with Gasteiger partial charge in [-0.3, -0.25) is 0 Å². The third-order valence-corrected chi connectivity index (χ3v) is 5.62. The number of fused-ring (bicyclic) bond motifs is 2. The molecule has 0 spiro atoms. The predicted molar refractivity (Wildman–Crippen MR) is 115 cm³/mol. The van der Waals surface area contributed by atoms with E-state index < -0.39 is 0 Å². The topological polar surface area (TPSA) is 80.1 Å². The van der Waals surface area contributed by atoms with Gasteiger partial charge in [0.1, 0.15) is 5.82 Å². The number of hydrogen-bond donors (Lipinski definition) is 2. The zero-order valence-electron chi connectivity index (χ0n) is 16.9. The van der Waals surface area contributed by atoms with Gasteiger partial charge in [-0.25, -0.2) is 14.4 Å². The van der Waals surface area contributed by atoms with Gasteiger partial charge in [-0.05, 0) is 67.4 Å². The van der Waals surface area contributed by atoms with Crippen LogP contribution in [-0.2, 0) is 13.0 Å². The van der Waals surface area contributed by atoms with Crippen LogP contribution >= 0.6 is 0 Å². The highest BCUT2D eigenvalue weighted by Crippen LogP contribution is 2.34. The fourth-order valence-corrected chi connectivity index (χ4v) is 4.07. The van der Waals surface area contributed by atoms with Gasteiger partial charge in [0.2, 0.25) is 0 Å². The van der Waals surface area contributed by atoms with E-state index in [4.69, 9.17) is 10.5 Å². The van der Waals surface area contributed by atoms with Crippen LogP contribution in [0.4, 0.5) is 10.2 Å². The number of benzene rings is 2. The van der Waals surface area contributed by atoms with Crippen LogP contribution in [-0.4, -0.2) is 33.4 Å². The maximum Gasteiger partial charge on any atom is 0.263 e. The summed E-state index contributed by atoms with van der Waals surface area (Å²) in [6.45, 7) is 4.13. The lowest BCUT2D eigenvalue weighted by molar-refractivity contribution is 0.312.